The zero-order valence-corrected chi connectivity index (χ0v) is 11.4. The van der Waals surface area contributed by atoms with Crippen molar-refractivity contribution in [3.63, 3.8) is 0 Å². The van der Waals surface area contributed by atoms with Crippen molar-refractivity contribution in [3.8, 4) is 0 Å². The highest BCUT2D eigenvalue weighted by Crippen LogP contribution is 2.29. The molecule has 0 saturated heterocycles. The third kappa shape index (κ3) is 3.22. The van der Waals surface area contributed by atoms with E-state index < -0.39 is 9.85 Å². The molecular weight excluding hydrogens is 276 g/mol. The van der Waals surface area contributed by atoms with Crippen molar-refractivity contribution >= 4 is 22.8 Å². The number of nitro groups is 2. The summed E-state index contributed by atoms with van der Waals surface area (Å²) in [4.78, 5) is 20.3. The Kier molecular flexibility index (Phi) is 4.27. The van der Waals surface area contributed by atoms with Crippen molar-refractivity contribution in [2.75, 3.05) is 5.43 Å². The Morgan fingerprint density at radius 1 is 1.29 bits per heavy atom. The van der Waals surface area contributed by atoms with Gasteiger partial charge < -0.3 is 0 Å². The summed E-state index contributed by atoms with van der Waals surface area (Å²) in [7, 11) is 0. The minimum Gasteiger partial charge on any atom is -0.271 e. The molecule has 0 atom stereocenters. The fraction of sp³-hybridized carbons (Fsp3) is 0.308. The van der Waals surface area contributed by atoms with Crippen LogP contribution in [-0.4, -0.2) is 15.6 Å². The van der Waals surface area contributed by atoms with Crippen LogP contribution >= 0.6 is 0 Å². The minimum atomic E-state index is -0.669. The first-order chi connectivity index (χ1) is 10.0. The second-order valence-corrected chi connectivity index (χ2v) is 4.51. The van der Waals surface area contributed by atoms with Gasteiger partial charge in [0.05, 0.1) is 21.6 Å². The number of benzene rings is 1. The van der Waals surface area contributed by atoms with Gasteiger partial charge in [0, 0.05) is 6.07 Å². The lowest BCUT2D eigenvalue weighted by Gasteiger charge is -2.05. The highest BCUT2D eigenvalue weighted by Gasteiger charge is 2.19. The lowest BCUT2D eigenvalue weighted by molar-refractivity contribution is -0.393. The number of nitrogens with zero attached hydrogens (tertiary/aromatic N) is 3. The van der Waals surface area contributed by atoms with E-state index in [1.807, 2.05) is 6.92 Å². The van der Waals surface area contributed by atoms with Gasteiger partial charge in [-0.2, -0.15) is 5.10 Å². The first-order valence-electron chi connectivity index (χ1n) is 6.47. The van der Waals surface area contributed by atoms with Crippen molar-refractivity contribution < 1.29 is 9.85 Å². The average molecular weight is 290 g/mol. The summed E-state index contributed by atoms with van der Waals surface area (Å²) in [6, 6.07) is 3.43. The molecule has 1 aliphatic carbocycles. The molecule has 8 heteroatoms. The molecule has 0 bridgehead atoms. The van der Waals surface area contributed by atoms with Crippen LogP contribution in [0.3, 0.4) is 0 Å². The monoisotopic (exact) mass is 290 g/mol. The fourth-order valence-corrected chi connectivity index (χ4v) is 2.14. The predicted molar refractivity (Wildman–Crippen MR) is 78.4 cm³/mol. The number of rotatable bonds is 5. The molecule has 110 valence electrons. The van der Waals surface area contributed by atoms with Crippen LogP contribution < -0.4 is 5.43 Å². The summed E-state index contributed by atoms with van der Waals surface area (Å²) in [6.45, 7) is 2.01. The van der Waals surface area contributed by atoms with Gasteiger partial charge in [-0.3, -0.25) is 25.7 Å². The molecule has 0 unspecified atom stereocenters. The third-order valence-electron chi connectivity index (χ3n) is 3.22. The summed E-state index contributed by atoms with van der Waals surface area (Å²) in [5, 5.41) is 25.8. The Labute approximate surface area is 120 Å². The molecule has 0 aliphatic heterocycles. The molecule has 0 fully saturated rings. The highest BCUT2D eigenvalue weighted by molar-refractivity contribution is 6.02. The van der Waals surface area contributed by atoms with E-state index in [1.165, 1.54) is 12.1 Å². The molecule has 1 aliphatic rings. The fourth-order valence-electron chi connectivity index (χ4n) is 2.14. The largest absolute Gasteiger partial charge is 0.301 e. The number of anilines is 1. The molecule has 21 heavy (non-hydrogen) atoms. The van der Waals surface area contributed by atoms with Gasteiger partial charge in [0.15, 0.2) is 0 Å². The van der Waals surface area contributed by atoms with E-state index in [-0.39, 0.29) is 17.1 Å². The molecule has 0 radical (unpaired) electrons. The molecule has 0 saturated carbocycles. The van der Waals surface area contributed by atoms with Gasteiger partial charge in [0.2, 0.25) is 0 Å². The number of non-ortho nitro benzene ring substituents is 1. The highest BCUT2D eigenvalue weighted by atomic mass is 16.6. The average Bonchev–Trinajstić information content (AvgIpc) is 2.92. The number of nitro benzene ring substituents is 2. The quantitative estimate of drug-likeness (QED) is 0.659. The maximum absolute atomic E-state index is 11.0. The lowest BCUT2D eigenvalue weighted by Crippen LogP contribution is -2.03. The van der Waals surface area contributed by atoms with Crippen LogP contribution in [0.5, 0.6) is 0 Å². The maximum atomic E-state index is 11.0. The maximum Gasteiger partial charge on any atom is 0.301 e. The summed E-state index contributed by atoms with van der Waals surface area (Å²) in [6.07, 6.45) is 4.64. The summed E-state index contributed by atoms with van der Waals surface area (Å²) in [5.74, 6) is 0. The number of hydrogen-bond acceptors (Lipinski definition) is 6. The predicted octanol–water partition coefficient (Wildman–Crippen LogP) is 3.40. The number of allylic oxidation sites excluding steroid dienone is 2. The van der Waals surface area contributed by atoms with Gasteiger partial charge in [-0.25, -0.2) is 0 Å². The second kappa shape index (κ2) is 6.12. The van der Waals surface area contributed by atoms with Crippen LogP contribution in [-0.2, 0) is 0 Å². The van der Waals surface area contributed by atoms with Gasteiger partial charge >= 0.3 is 5.69 Å². The normalized spacial score (nSPS) is 15.9. The molecule has 8 nitrogen and oxygen atoms in total. The van der Waals surface area contributed by atoms with Crippen molar-refractivity contribution in [2.24, 2.45) is 5.10 Å². The Balaban J connectivity index is 2.28. The zero-order valence-electron chi connectivity index (χ0n) is 11.4. The molecule has 1 aromatic rings. The van der Waals surface area contributed by atoms with Crippen LogP contribution in [0.15, 0.2) is 34.9 Å². The summed E-state index contributed by atoms with van der Waals surface area (Å²) in [5.41, 5.74) is 4.08. The van der Waals surface area contributed by atoms with Gasteiger partial charge in [-0.15, -0.1) is 0 Å². The number of hydrazone groups is 1. The van der Waals surface area contributed by atoms with Gasteiger partial charge in [0.25, 0.3) is 5.69 Å². The van der Waals surface area contributed by atoms with Crippen molar-refractivity contribution in [2.45, 2.75) is 26.2 Å². The van der Waals surface area contributed by atoms with Crippen molar-refractivity contribution in [3.05, 3.63) is 50.1 Å². The van der Waals surface area contributed by atoms with E-state index in [0.717, 1.165) is 36.6 Å². The van der Waals surface area contributed by atoms with E-state index in [9.17, 15) is 20.2 Å². The van der Waals surface area contributed by atoms with E-state index in [1.54, 1.807) is 0 Å². The van der Waals surface area contributed by atoms with Crippen molar-refractivity contribution in [1.82, 2.24) is 0 Å². The Hall–Kier alpha value is -2.77. The molecule has 1 N–H and O–H groups in total. The van der Waals surface area contributed by atoms with Crippen LogP contribution in [0.2, 0.25) is 0 Å². The van der Waals surface area contributed by atoms with E-state index in [2.05, 4.69) is 16.6 Å². The topological polar surface area (TPSA) is 111 Å². The Morgan fingerprint density at radius 3 is 2.67 bits per heavy atom. The summed E-state index contributed by atoms with van der Waals surface area (Å²) < 4.78 is 0. The van der Waals surface area contributed by atoms with Gasteiger partial charge in [-0.1, -0.05) is 13.0 Å². The van der Waals surface area contributed by atoms with E-state index in [0.29, 0.717) is 0 Å². The van der Waals surface area contributed by atoms with E-state index in [4.69, 9.17) is 0 Å². The number of hydrogen-bond donors (Lipinski definition) is 1. The standard InChI is InChI=1S/C13H14N4O4/c1-2-9-4-3-5-11(9)14-15-12-7-6-10(16(18)19)8-13(12)17(20)21/h4,6-8,15H,2-3,5H2,1H3/b14-11-. The number of nitrogens with one attached hydrogen (secondary N) is 1. The molecular formula is C13H14N4O4. The summed E-state index contributed by atoms with van der Waals surface area (Å²) >= 11 is 0. The molecule has 0 amide bonds. The van der Waals surface area contributed by atoms with Crippen LogP contribution in [0, 0.1) is 20.2 Å². The lowest BCUT2D eigenvalue weighted by atomic mass is 10.1. The van der Waals surface area contributed by atoms with Crippen molar-refractivity contribution in [1.29, 1.82) is 0 Å². The molecule has 1 aromatic carbocycles. The molecule has 0 spiro atoms. The van der Waals surface area contributed by atoms with Crippen LogP contribution in [0.4, 0.5) is 17.1 Å². The first-order valence-corrected chi connectivity index (χ1v) is 6.47. The molecule has 2 rings (SSSR count). The zero-order chi connectivity index (χ0) is 15.4. The smallest absolute Gasteiger partial charge is 0.271 e. The minimum absolute atomic E-state index is 0.139. The van der Waals surface area contributed by atoms with E-state index >= 15 is 0 Å². The Morgan fingerprint density at radius 2 is 2.05 bits per heavy atom. The Bertz CT molecular complexity index is 652. The molecule has 0 aromatic heterocycles. The third-order valence-corrected chi connectivity index (χ3v) is 3.22. The second-order valence-electron chi connectivity index (χ2n) is 4.51. The molecule has 0 heterocycles. The SMILES string of the molecule is CCC1=CCC/C1=N/Nc1ccc([N+](=O)[O-])cc1[N+](=O)[O-]. The van der Waals surface area contributed by atoms with Crippen LogP contribution in [0.25, 0.3) is 0 Å². The first kappa shape index (κ1) is 14.6. The van der Waals surface area contributed by atoms with Gasteiger partial charge in [0.1, 0.15) is 5.69 Å². The van der Waals surface area contributed by atoms with Crippen LogP contribution in [0.1, 0.15) is 26.2 Å². The van der Waals surface area contributed by atoms with Gasteiger partial charge in [-0.05, 0) is 30.9 Å².